The number of unbranched alkanes of at least 4 members (excludes halogenated alkanes) is 27. The van der Waals surface area contributed by atoms with Crippen molar-refractivity contribution in [3.05, 3.63) is 0 Å². The van der Waals surface area contributed by atoms with Crippen LogP contribution in [0.15, 0.2) is 0 Å². The maximum Gasteiger partial charge on any atom is 0.306 e. The predicted octanol–water partition coefficient (Wildman–Crippen LogP) is 16.0. The molecule has 0 N–H and O–H groups in total. The molecule has 0 aromatic carbocycles. The lowest BCUT2D eigenvalue weighted by molar-refractivity contribution is -0.167. The summed E-state index contributed by atoms with van der Waals surface area (Å²) in [5.74, 6) is 1.57. The van der Waals surface area contributed by atoms with E-state index in [9.17, 15) is 14.4 Å². The van der Waals surface area contributed by atoms with Crippen LogP contribution in [0.3, 0.4) is 0 Å². The van der Waals surface area contributed by atoms with Crippen molar-refractivity contribution in [3.8, 4) is 0 Å². The van der Waals surface area contributed by atoms with Gasteiger partial charge in [-0.3, -0.25) is 14.4 Å². The van der Waals surface area contributed by atoms with E-state index in [0.717, 1.165) is 75.5 Å². The quantitative estimate of drug-likeness (QED) is 0.0347. The van der Waals surface area contributed by atoms with E-state index < -0.39 is 6.10 Å². The van der Waals surface area contributed by atoms with Crippen LogP contribution in [0.2, 0.25) is 0 Å². The zero-order valence-corrected chi connectivity index (χ0v) is 39.1. The summed E-state index contributed by atoms with van der Waals surface area (Å²) in [5, 5.41) is 0. The van der Waals surface area contributed by atoms with Crippen LogP contribution < -0.4 is 0 Å². The highest BCUT2D eigenvalue weighted by molar-refractivity contribution is 5.71. The fourth-order valence-electron chi connectivity index (χ4n) is 7.59. The van der Waals surface area contributed by atoms with Gasteiger partial charge in [-0.1, -0.05) is 234 Å². The lowest BCUT2D eigenvalue weighted by Crippen LogP contribution is -2.30. The highest BCUT2D eigenvalue weighted by atomic mass is 16.6. The average molecular weight is 807 g/mol. The molecule has 0 aromatic heterocycles. The minimum atomic E-state index is -0.762. The van der Waals surface area contributed by atoms with Crippen LogP contribution in [0.25, 0.3) is 0 Å². The summed E-state index contributed by atoms with van der Waals surface area (Å²) in [7, 11) is 0. The molecule has 0 aliphatic rings. The Bertz CT molecular complexity index is 883. The van der Waals surface area contributed by atoms with E-state index in [1.165, 1.54) is 154 Å². The van der Waals surface area contributed by atoms with Crippen LogP contribution in [-0.4, -0.2) is 37.2 Å². The van der Waals surface area contributed by atoms with Crippen molar-refractivity contribution in [2.75, 3.05) is 13.2 Å². The second kappa shape index (κ2) is 42.5. The highest BCUT2D eigenvalue weighted by Crippen LogP contribution is 2.17. The smallest absolute Gasteiger partial charge is 0.306 e. The first kappa shape index (κ1) is 55.4. The van der Waals surface area contributed by atoms with Crippen LogP contribution in [0, 0.1) is 17.8 Å². The number of ether oxygens (including phenoxy) is 3. The normalized spacial score (nSPS) is 12.2. The van der Waals surface area contributed by atoms with Crippen LogP contribution in [0.5, 0.6) is 0 Å². The third kappa shape index (κ3) is 45.3. The Morgan fingerprint density at radius 2 is 0.509 bits per heavy atom. The van der Waals surface area contributed by atoms with E-state index >= 15 is 0 Å². The van der Waals surface area contributed by atoms with Crippen molar-refractivity contribution in [2.45, 2.75) is 279 Å². The zero-order chi connectivity index (χ0) is 42.0. The molecule has 0 aliphatic heterocycles. The molecule has 0 saturated heterocycles. The maximum absolute atomic E-state index is 12.8. The van der Waals surface area contributed by atoms with Gasteiger partial charge in [0.05, 0.1) is 0 Å². The summed E-state index contributed by atoms with van der Waals surface area (Å²) in [5.41, 5.74) is 0. The largest absolute Gasteiger partial charge is 0.462 e. The maximum atomic E-state index is 12.8. The van der Waals surface area contributed by atoms with Gasteiger partial charge in [-0.2, -0.15) is 0 Å². The Morgan fingerprint density at radius 1 is 0.298 bits per heavy atom. The minimum absolute atomic E-state index is 0.0658. The van der Waals surface area contributed by atoms with Crippen molar-refractivity contribution in [1.82, 2.24) is 0 Å². The lowest BCUT2D eigenvalue weighted by Gasteiger charge is -2.18. The van der Waals surface area contributed by atoms with Gasteiger partial charge in [0, 0.05) is 19.3 Å². The van der Waals surface area contributed by atoms with E-state index in [4.69, 9.17) is 14.2 Å². The molecule has 0 aromatic rings. The Kier molecular flexibility index (Phi) is 41.3. The Balaban J connectivity index is 4.28. The fraction of sp³-hybridized carbons (Fsp3) is 0.941. The number of carbonyl (C=O) groups is 3. The van der Waals surface area contributed by atoms with Gasteiger partial charge in [-0.25, -0.2) is 0 Å². The van der Waals surface area contributed by atoms with E-state index in [2.05, 4.69) is 41.5 Å². The molecule has 0 fully saturated rings. The molecule has 338 valence electrons. The van der Waals surface area contributed by atoms with Gasteiger partial charge in [0.15, 0.2) is 6.10 Å². The molecule has 0 amide bonds. The molecule has 0 heterocycles. The first-order valence-corrected chi connectivity index (χ1v) is 25.1. The molecule has 0 spiro atoms. The molecule has 57 heavy (non-hydrogen) atoms. The first-order chi connectivity index (χ1) is 27.6. The molecule has 1 atom stereocenters. The van der Waals surface area contributed by atoms with Gasteiger partial charge in [0.25, 0.3) is 0 Å². The second-order valence-corrected chi connectivity index (χ2v) is 18.9. The first-order valence-electron chi connectivity index (χ1n) is 25.1. The van der Waals surface area contributed by atoms with Gasteiger partial charge in [0.1, 0.15) is 13.2 Å². The van der Waals surface area contributed by atoms with Crippen LogP contribution in [-0.2, 0) is 28.6 Å². The summed E-state index contributed by atoms with van der Waals surface area (Å²) in [4.78, 5) is 37.8. The molecular formula is C51H98O6. The van der Waals surface area contributed by atoms with E-state index in [0.29, 0.717) is 19.3 Å². The topological polar surface area (TPSA) is 78.9 Å². The molecule has 0 radical (unpaired) electrons. The van der Waals surface area contributed by atoms with Crippen molar-refractivity contribution >= 4 is 17.9 Å². The molecule has 0 saturated carbocycles. The molecule has 0 rings (SSSR count). The lowest BCUT2D eigenvalue weighted by atomic mass is 10.0. The summed E-state index contributed by atoms with van der Waals surface area (Å²) < 4.78 is 16.8. The van der Waals surface area contributed by atoms with Gasteiger partial charge in [0.2, 0.25) is 0 Å². The summed E-state index contributed by atoms with van der Waals surface area (Å²) >= 11 is 0. The van der Waals surface area contributed by atoms with E-state index in [1.807, 2.05) is 0 Å². The fourth-order valence-corrected chi connectivity index (χ4v) is 7.59. The van der Waals surface area contributed by atoms with Crippen LogP contribution in [0.4, 0.5) is 0 Å². The molecule has 6 nitrogen and oxygen atoms in total. The van der Waals surface area contributed by atoms with Crippen molar-refractivity contribution in [3.63, 3.8) is 0 Å². The molecule has 6 heteroatoms. The molecule has 0 aliphatic carbocycles. The third-order valence-corrected chi connectivity index (χ3v) is 11.4. The standard InChI is InChI=1S/C51H98O6/c1-45(2)37-31-25-19-15-11-9-7-8-10-12-18-22-30-36-42-51(54)57-48(44-56-50(53)41-35-29-24-23-27-33-39-47(5)6)43-55-49(52)40-34-28-21-17-14-13-16-20-26-32-38-46(3)4/h45-48H,7-44H2,1-6H3/t48-/m0/s1. The van der Waals surface area contributed by atoms with Gasteiger partial charge in [-0.05, 0) is 37.0 Å². The molecule has 0 bridgehead atoms. The average Bonchev–Trinajstić information content (AvgIpc) is 3.16. The zero-order valence-electron chi connectivity index (χ0n) is 39.1. The van der Waals surface area contributed by atoms with Crippen molar-refractivity contribution in [2.24, 2.45) is 17.8 Å². The highest BCUT2D eigenvalue weighted by Gasteiger charge is 2.19. The van der Waals surface area contributed by atoms with Crippen LogP contribution in [0.1, 0.15) is 273 Å². The van der Waals surface area contributed by atoms with E-state index in [-0.39, 0.29) is 31.1 Å². The number of esters is 3. The SMILES string of the molecule is CC(C)CCCCCCCCCCCCCCCCC(=O)O[C@@H](COC(=O)CCCCCCCCCCCCC(C)C)COC(=O)CCCCCCCCC(C)C. The Morgan fingerprint density at radius 3 is 0.754 bits per heavy atom. The Labute approximate surface area is 355 Å². The molecule has 0 unspecified atom stereocenters. The van der Waals surface area contributed by atoms with E-state index in [1.54, 1.807) is 0 Å². The number of hydrogen-bond donors (Lipinski definition) is 0. The molecular weight excluding hydrogens is 709 g/mol. The van der Waals surface area contributed by atoms with Gasteiger partial charge >= 0.3 is 17.9 Å². The van der Waals surface area contributed by atoms with Crippen LogP contribution >= 0.6 is 0 Å². The van der Waals surface area contributed by atoms with Gasteiger partial charge < -0.3 is 14.2 Å². The monoisotopic (exact) mass is 807 g/mol. The van der Waals surface area contributed by atoms with Crippen molar-refractivity contribution in [1.29, 1.82) is 0 Å². The summed E-state index contributed by atoms with van der Waals surface area (Å²) in [6.45, 7) is 13.6. The summed E-state index contributed by atoms with van der Waals surface area (Å²) in [6, 6.07) is 0. The second-order valence-electron chi connectivity index (χ2n) is 18.9. The third-order valence-electron chi connectivity index (χ3n) is 11.4. The summed E-state index contributed by atoms with van der Waals surface area (Å²) in [6.07, 6.45) is 41.0. The number of hydrogen-bond acceptors (Lipinski definition) is 6. The predicted molar refractivity (Wildman–Crippen MR) is 243 cm³/mol. The van der Waals surface area contributed by atoms with Gasteiger partial charge in [-0.15, -0.1) is 0 Å². The number of carbonyl (C=O) groups excluding carboxylic acids is 3. The van der Waals surface area contributed by atoms with Crippen molar-refractivity contribution < 1.29 is 28.6 Å². The Hall–Kier alpha value is -1.59. The number of rotatable bonds is 44. The minimum Gasteiger partial charge on any atom is -0.462 e.